The molecular formula is C13H19N3O2. The Labute approximate surface area is 107 Å². The van der Waals surface area contributed by atoms with Crippen LogP contribution in [0.1, 0.15) is 36.5 Å². The first-order chi connectivity index (χ1) is 8.61. The number of carboxylic acids is 1. The maximum Gasteiger partial charge on any atom is 0.339 e. The lowest BCUT2D eigenvalue weighted by Gasteiger charge is -2.33. The van der Waals surface area contributed by atoms with Crippen LogP contribution in [0.25, 0.3) is 0 Å². The van der Waals surface area contributed by atoms with Gasteiger partial charge in [0, 0.05) is 13.1 Å². The molecule has 1 aliphatic rings. The van der Waals surface area contributed by atoms with E-state index >= 15 is 0 Å². The molecule has 0 amide bonds. The van der Waals surface area contributed by atoms with Crippen molar-refractivity contribution in [1.82, 2.24) is 4.98 Å². The molecule has 18 heavy (non-hydrogen) atoms. The molecule has 2 rings (SSSR count). The zero-order valence-electron chi connectivity index (χ0n) is 10.6. The number of pyridine rings is 1. The normalized spacial score (nSPS) is 15.2. The van der Waals surface area contributed by atoms with Crippen molar-refractivity contribution >= 4 is 17.5 Å². The topological polar surface area (TPSA) is 79.5 Å². The Bertz CT molecular complexity index is 444. The van der Waals surface area contributed by atoms with Gasteiger partial charge >= 0.3 is 5.97 Å². The highest BCUT2D eigenvalue weighted by Crippen LogP contribution is 2.29. The van der Waals surface area contributed by atoms with Gasteiger partial charge in [0.2, 0.25) is 0 Å². The van der Waals surface area contributed by atoms with Gasteiger partial charge < -0.3 is 15.7 Å². The molecule has 1 fully saturated rings. The number of nitrogens with two attached hydrogens (primary N) is 1. The highest BCUT2D eigenvalue weighted by molar-refractivity contribution is 5.94. The zero-order chi connectivity index (χ0) is 13.1. The van der Waals surface area contributed by atoms with Crippen LogP contribution in [0.5, 0.6) is 0 Å². The number of rotatable bonds is 5. The molecule has 3 N–H and O–H groups in total. The lowest BCUT2D eigenvalue weighted by atomic mass is 9.85. The Morgan fingerprint density at radius 2 is 2.33 bits per heavy atom. The number of aromatic nitrogens is 1. The molecule has 0 spiro atoms. The van der Waals surface area contributed by atoms with Crippen LogP contribution >= 0.6 is 0 Å². The Morgan fingerprint density at radius 3 is 2.83 bits per heavy atom. The molecule has 98 valence electrons. The van der Waals surface area contributed by atoms with Gasteiger partial charge in [-0.05, 0) is 31.7 Å². The van der Waals surface area contributed by atoms with E-state index in [1.165, 1.54) is 31.5 Å². The fraction of sp³-hybridized carbons (Fsp3) is 0.538. The first kappa shape index (κ1) is 12.7. The minimum Gasteiger partial charge on any atom is -0.478 e. The molecule has 0 radical (unpaired) electrons. The zero-order valence-corrected chi connectivity index (χ0v) is 10.6. The van der Waals surface area contributed by atoms with Crippen LogP contribution in [0.3, 0.4) is 0 Å². The Balaban J connectivity index is 2.25. The van der Waals surface area contributed by atoms with Crippen molar-refractivity contribution in [2.75, 3.05) is 23.7 Å². The first-order valence-corrected chi connectivity index (χ1v) is 6.35. The average molecular weight is 249 g/mol. The van der Waals surface area contributed by atoms with Crippen LogP contribution in [-0.2, 0) is 0 Å². The van der Waals surface area contributed by atoms with Gasteiger partial charge in [-0.1, -0.05) is 6.42 Å². The van der Waals surface area contributed by atoms with Crippen molar-refractivity contribution in [3.05, 3.63) is 17.8 Å². The number of hydrogen-bond acceptors (Lipinski definition) is 4. The van der Waals surface area contributed by atoms with Gasteiger partial charge in [0.05, 0.1) is 11.9 Å². The summed E-state index contributed by atoms with van der Waals surface area (Å²) in [5.74, 6) is 0.230. The van der Waals surface area contributed by atoms with Crippen molar-refractivity contribution in [3.8, 4) is 0 Å². The molecular weight excluding hydrogens is 230 g/mol. The van der Waals surface area contributed by atoms with Gasteiger partial charge in [-0.25, -0.2) is 9.78 Å². The Morgan fingerprint density at radius 1 is 1.61 bits per heavy atom. The summed E-state index contributed by atoms with van der Waals surface area (Å²) in [6, 6.07) is 1.48. The highest BCUT2D eigenvalue weighted by atomic mass is 16.4. The molecule has 1 aliphatic carbocycles. The van der Waals surface area contributed by atoms with Crippen molar-refractivity contribution in [2.24, 2.45) is 5.92 Å². The van der Waals surface area contributed by atoms with E-state index in [4.69, 9.17) is 5.73 Å². The van der Waals surface area contributed by atoms with E-state index in [1.807, 2.05) is 11.8 Å². The smallest absolute Gasteiger partial charge is 0.339 e. The van der Waals surface area contributed by atoms with Crippen molar-refractivity contribution in [2.45, 2.75) is 26.2 Å². The van der Waals surface area contributed by atoms with E-state index < -0.39 is 5.97 Å². The van der Waals surface area contributed by atoms with Gasteiger partial charge in [0.25, 0.3) is 0 Å². The van der Waals surface area contributed by atoms with E-state index in [1.54, 1.807) is 0 Å². The summed E-state index contributed by atoms with van der Waals surface area (Å²) in [6.07, 6.45) is 5.26. The number of anilines is 2. The Kier molecular flexibility index (Phi) is 3.69. The molecule has 0 aromatic carbocycles. The third kappa shape index (κ3) is 2.55. The predicted molar refractivity (Wildman–Crippen MR) is 70.8 cm³/mol. The van der Waals surface area contributed by atoms with Crippen LogP contribution in [0.15, 0.2) is 12.3 Å². The van der Waals surface area contributed by atoms with Gasteiger partial charge in [0.15, 0.2) is 0 Å². The van der Waals surface area contributed by atoms with Crippen molar-refractivity contribution in [1.29, 1.82) is 0 Å². The van der Waals surface area contributed by atoms with Crippen LogP contribution in [0.4, 0.5) is 11.5 Å². The largest absolute Gasteiger partial charge is 0.478 e. The summed E-state index contributed by atoms with van der Waals surface area (Å²) < 4.78 is 0. The third-order valence-electron chi connectivity index (χ3n) is 3.50. The van der Waals surface area contributed by atoms with Crippen LogP contribution in [0, 0.1) is 5.92 Å². The third-order valence-corrected chi connectivity index (χ3v) is 3.50. The number of nitrogen functional groups attached to an aromatic ring is 1. The van der Waals surface area contributed by atoms with Gasteiger partial charge in [-0.2, -0.15) is 0 Å². The molecule has 0 bridgehead atoms. The van der Waals surface area contributed by atoms with Crippen molar-refractivity contribution < 1.29 is 9.90 Å². The molecule has 0 aliphatic heterocycles. The number of nitrogens with zero attached hydrogens (tertiary/aromatic N) is 2. The molecule has 5 nitrogen and oxygen atoms in total. The molecule has 1 aromatic rings. The molecule has 0 unspecified atom stereocenters. The fourth-order valence-corrected chi connectivity index (χ4v) is 2.24. The monoisotopic (exact) mass is 249 g/mol. The van der Waals surface area contributed by atoms with E-state index in [9.17, 15) is 9.90 Å². The molecule has 5 heteroatoms. The van der Waals surface area contributed by atoms with Crippen LogP contribution in [-0.4, -0.2) is 29.1 Å². The van der Waals surface area contributed by atoms with Crippen LogP contribution in [0.2, 0.25) is 0 Å². The molecule has 0 atom stereocenters. The van der Waals surface area contributed by atoms with Gasteiger partial charge in [0.1, 0.15) is 11.4 Å². The molecule has 1 heterocycles. The van der Waals surface area contributed by atoms with E-state index in [2.05, 4.69) is 4.98 Å². The van der Waals surface area contributed by atoms with Crippen LogP contribution < -0.4 is 10.6 Å². The minimum atomic E-state index is -0.975. The van der Waals surface area contributed by atoms with Gasteiger partial charge in [-0.15, -0.1) is 0 Å². The van der Waals surface area contributed by atoms with E-state index in [-0.39, 0.29) is 5.56 Å². The average Bonchev–Trinajstić information content (AvgIpc) is 2.28. The second-order valence-electron chi connectivity index (χ2n) is 4.78. The minimum absolute atomic E-state index is 0.191. The molecule has 1 saturated carbocycles. The second-order valence-corrected chi connectivity index (χ2v) is 4.78. The number of hydrogen-bond donors (Lipinski definition) is 2. The quantitative estimate of drug-likeness (QED) is 0.834. The van der Waals surface area contributed by atoms with E-state index in [0.717, 1.165) is 13.1 Å². The number of carboxylic acid groups (broad SMARTS) is 1. The van der Waals surface area contributed by atoms with Gasteiger partial charge in [-0.3, -0.25) is 0 Å². The summed E-state index contributed by atoms with van der Waals surface area (Å²) in [7, 11) is 0. The summed E-state index contributed by atoms with van der Waals surface area (Å²) in [4.78, 5) is 17.5. The number of aromatic carboxylic acids is 1. The SMILES string of the molecule is CCN(CC1CCC1)c1ncc(N)cc1C(=O)O. The predicted octanol–water partition coefficient (Wildman–Crippen LogP) is 1.99. The second kappa shape index (κ2) is 5.25. The number of carbonyl (C=O) groups is 1. The first-order valence-electron chi connectivity index (χ1n) is 6.35. The lowest BCUT2D eigenvalue weighted by molar-refractivity contribution is 0.0697. The van der Waals surface area contributed by atoms with Crippen molar-refractivity contribution in [3.63, 3.8) is 0 Å². The summed E-state index contributed by atoms with van der Waals surface area (Å²) in [5, 5.41) is 9.22. The summed E-state index contributed by atoms with van der Waals surface area (Å²) in [6.45, 7) is 3.66. The standard InChI is InChI=1S/C13H19N3O2/c1-2-16(8-9-4-3-5-9)12-11(13(17)18)6-10(14)7-15-12/h6-7,9H,2-5,8,14H2,1H3,(H,17,18). The summed E-state index contributed by atoms with van der Waals surface area (Å²) in [5.41, 5.74) is 6.18. The fourth-order valence-electron chi connectivity index (χ4n) is 2.24. The maximum atomic E-state index is 11.2. The Hall–Kier alpha value is -1.78. The molecule has 0 saturated heterocycles. The maximum absolute atomic E-state index is 11.2. The molecule has 1 aromatic heterocycles. The highest BCUT2D eigenvalue weighted by Gasteiger charge is 2.23. The lowest BCUT2D eigenvalue weighted by Crippen LogP contribution is -2.34. The summed E-state index contributed by atoms with van der Waals surface area (Å²) >= 11 is 0. The van der Waals surface area contributed by atoms with E-state index in [0.29, 0.717) is 17.4 Å².